The van der Waals surface area contributed by atoms with Crippen LogP contribution in [-0.2, 0) is 17.8 Å². The highest BCUT2D eigenvalue weighted by atomic mass is 35.5. The number of pyridine rings is 1. The van der Waals surface area contributed by atoms with Gasteiger partial charge in [0.2, 0.25) is 5.91 Å². The van der Waals surface area contributed by atoms with Gasteiger partial charge in [0.05, 0.1) is 11.1 Å². The van der Waals surface area contributed by atoms with E-state index in [9.17, 15) is 4.79 Å². The third-order valence-corrected chi connectivity index (χ3v) is 4.54. The van der Waals surface area contributed by atoms with E-state index in [0.717, 1.165) is 37.6 Å². The summed E-state index contributed by atoms with van der Waals surface area (Å²) >= 11 is 5.79. The summed E-state index contributed by atoms with van der Waals surface area (Å²) in [6.45, 7) is 5.50. The van der Waals surface area contributed by atoms with E-state index >= 15 is 0 Å². The Morgan fingerprint density at radius 3 is 3.04 bits per heavy atom. The fourth-order valence-corrected chi connectivity index (χ4v) is 2.93. The van der Waals surface area contributed by atoms with Crippen LogP contribution in [0.1, 0.15) is 25.0 Å². The Bertz CT molecular complexity index is 714. The molecule has 0 aliphatic carbocycles. The van der Waals surface area contributed by atoms with Crippen molar-refractivity contribution >= 4 is 23.3 Å². The van der Waals surface area contributed by atoms with Crippen LogP contribution in [0.4, 0.5) is 5.82 Å². The Morgan fingerprint density at radius 1 is 1.46 bits per heavy atom. The molecule has 2 atom stereocenters. The number of carbonyl (C=O) groups excluding carboxylic acids is 1. The van der Waals surface area contributed by atoms with Crippen LogP contribution in [-0.4, -0.2) is 38.2 Å². The average molecular weight is 349 g/mol. The molecule has 0 fully saturated rings. The van der Waals surface area contributed by atoms with Crippen molar-refractivity contribution < 1.29 is 4.79 Å². The van der Waals surface area contributed by atoms with Crippen LogP contribution in [0.25, 0.3) is 0 Å². The molecular formula is C16H21ClN6O. The lowest BCUT2D eigenvalue weighted by atomic mass is 9.99. The molecule has 0 bridgehead atoms. The molecule has 1 aliphatic rings. The zero-order valence-electron chi connectivity index (χ0n) is 13.8. The van der Waals surface area contributed by atoms with Gasteiger partial charge in [-0.25, -0.2) is 4.98 Å². The van der Waals surface area contributed by atoms with Gasteiger partial charge in [-0.1, -0.05) is 11.6 Å². The molecule has 0 radical (unpaired) electrons. The van der Waals surface area contributed by atoms with Crippen LogP contribution in [0.3, 0.4) is 0 Å². The van der Waals surface area contributed by atoms with Gasteiger partial charge in [-0.3, -0.25) is 4.79 Å². The Labute approximate surface area is 145 Å². The Hall–Kier alpha value is -1.99. The summed E-state index contributed by atoms with van der Waals surface area (Å²) in [4.78, 5) is 16.3. The highest BCUT2D eigenvalue weighted by Crippen LogP contribution is 2.19. The van der Waals surface area contributed by atoms with Gasteiger partial charge < -0.3 is 15.2 Å². The monoisotopic (exact) mass is 348 g/mol. The first-order chi connectivity index (χ1) is 11.5. The maximum Gasteiger partial charge on any atom is 0.242 e. The SMILES string of the molecule is Cc1nnc2n1C[C@H](CN[C@H](C)C(=O)Nc1ccc(Cl)cn1)CC2. The molecule has 0 unspecified atom stereocenters. The zero-order valence-corrected chi connectivity index (χ0v) is 14.5. The second-order valence-electron chi connectivity index (χ2n) is 6.16. The van der Waals surface area contributed by atoms with Gasteiger partial charge in [0.1, 0.15) is 17.5 Å². The van der Waals surface area contributed by atoms with Gasteiger partial charge in [-0.15, -0.1) is 10.2 Å². The number of carbonyl (C=O) groups is 1. The summed E-state index contributed by atoms with van der Waals surface area (Å²) in [6.07, 6.45) is 3.50. The first kappa shape index (κ1) is 16.9. The lowest BCUT2D eigenvalue weighted by Crippen LogP contribution is -2.42. The molecule has 0 aromatic carbocycles. The minimum Gasteiger partial charge on any atom is -0.315 e. The minimum atomic E-state index is -0.300. The van der Waals surface area contributed by atoms with Crippen molar-refractivity contribution in [2.24, 2.45) is 5.92 Å². The number of hydrogen-bond donors (Lipinski definition) is 2. The molecule has 0 saturated heterocycles. The third-order valence-electron chi connectivity index (χ3n) is 4.31. The molecule has 2 aromatic rings. The standard InChI is InChI=1S/C16H21ClN6O/c1-10(16(24)20-14-5-4-13(17)8-19-14)18-7-12-3-6-15-22-21-11(2)23(15)9-12/h4-5,8,10,12,18H,3,6-7,9H2,1-2H3,(H,19,20,24)/t10-,12+/m1/s1. The molecule has 3 heterocycles. The zero-order chi connectivity index (χ0) is 17.1. The molecule has 128 valence electrons. The Balaban J connectivity index is 1.48. The number of hydrogen-bond acceptors (Lipinski definition) is 5. The molecule has 1 aliphatic heterocycles. The summed E-state index contributed by atoms with van der Waals surface area (Å²) < 4.78 is 2.16. The molecule has 7 nitrogen and oxygen atoms in total. The van der Waals surface area contributed by atoms with E-state index in [1.807, 2.05) is 13.8 Å². The average Bonchev–Trinajstić information content (AvgIpc) is 2.95. The van der Waals surface area contributed by atoms with Crippen molar-refractivity contribution in [3.63, 3.8) is 0 Å². The summed E-state index contributed by atoms with van der Waals surface area (Å²) in [7, 11) is 0. The number of amides is 1. The maximum atomic E-state index is 12.2. The van der Waals surface area contributed by atoms with Crippen LogP contribution in [0, 0.1) is 12.8 Å². The van der Waals surface area contributed by atoms with Gasteiger partial charge in [-0.2, -0.15) is 0 Å². The number of rotatable bonds is 5. The first-order valence-electron chi connectivity index (χ1n) is 8.07. The van der Waals surface area contributed by atoms with Gasteiger partial charge in [0, 0.05) is 25.7 Å². The van der Waals surface area contributed by atoms with Crippen LogP contribution in [0.2, 0.25) is 5.02 Å². The molecule has 2 aromatic heterocycles. The van der Waals surface area contributed by atoms with E-state index in [0.29, 0.717) is 16.8 Å². The van der Waals surface area contributed by atoms with E-state index in [1.54, 1.807) is 12.1 Å². The molecule has 24 heavy (non-hydrogen) atoms. The highest BCUT2D eigenvalue weighted by Gasteiger charge is 2.22. The van der Waals surface area contributed by atoms with Gasteiger partial charge >= 0.3 is 0 Å². The minimum absolute atomic E-state index is 0.109. The van der Waals surface area contributed by atoms with Crippen molar-refractivity contribution in [3.8, 4) is 0 Å². The van der Waals surface area contributed by atoms with Crippen molar-refractivity contribution in [2.75, 3.05) is 11.9 Å². The number of nitrogens with zero attached hydrogens (tertiary/aromatic N) is 4. The quantitative estimate of drug-likeness (QED) is 0.860. The molecule has 0 spiro atoms. The largest absolute Gasteiger partial charge is 0.315 e. The number of halogens is 1. The first-order valence-corrected chi connectivity index (χ1v) is 8.45. The number of aryl methyl sites for hydroxylation is 2. The lowest BCUT2D eigenvalue weighted by Gasteiger charge is -2.25. The predicted molar refractivity (Wildman–Crippen MR) is 91.9 cm³/mol. The number of fused-ring (bicyclic) bond motifs is 1. The van der Waals surface area contributed by atoms with Crippen LogP contribution in [0.15, 0.2) is 18.3 Å². The molecule has 2 N–H and O–H groups in total. The molecule has 0 saturated carbocycles. The Morgan fingerprint density at radius 2 is 2.29 bits per heavy atom. The van der Waals surface area contributed by atoms with Gasteiger partial charge in [-0.05, 0) is 38.3 Å². The number of anilines is 1. The fourth-order valence-electron chi connectivity index (χ4n) is 2.82. The van der Waals surface area contributed by atoms with E-state index in [1.165, 1.54) is 6.20 Å². The molecular weight excluding hydrogens is 328 g/mol. The second kappa shape index (κ2) is 7.27. The van der Waals surface area contributed by atoms with E-state index in [-0.39, 0.29) is 11.9 Å². The molecule has 8 heteroatoms. The van der Waals surface area contributed by atoms with E-state index in [2.05, 4.69) is 30.4 Å². The second-order valence-corrected chi connectivity index (χ2v) is 6.60. The van der Waals surface area contributed by atoms with Crippen molar-refractivity contribution in [2.45, 2.75) is 39.3 Å². The number of nitrogens with one attached hydrogen (secondary N) is 2. The Kier molecular flexibility index (Phi) is 5.11. The molecule has 3 rings (SSSR count). The van der Waals surface area contributed by atoms with Crippen LogP contribution >= 0.6 is 11.6 Å². The smallest absolute Gasteiger partial charge is 0.242 e. The van der Waals surface area contributed by atoms with Crippen molar-refractivity contribution in [3.05, 3.63) is 35.0 Å². The normalized spacial score (nSPS) is 18.0. The van der Waals surface area contributed by atoms with Gasteiger partial charge in [0.15, 0.2) is 0 Å². The van der Waals surface area contributed by atoms with Crippen molar-refractivity contribution in [1.29, 1.82) is 0 Å². The third kappa shape index (κ3) is 3.91. The summed E-state index contributed by atoms with van der Waals surface area (Å²) in [5.74, 6) is 2.87. The van der Waals surface area contributed by atoms with E-state index < -0.39 is 0 Å². The summed E-state index contributed by atoms with van der Waals surface area (Å²) in [5.41, 5.74) is 0. The molecule has 1 amide bonds. The summed E-state index contributed by atoms with van der Waals surface area (Å²) in [5, 5.41) is 14.9. The highest BCUT2D eigenvalue weighted by molar-refractivity contribution is 6.30. The lowest BCUT2D eigenvalue weighted by molar-refractivity contribution is -0.117. The fraction of sp³-hybridized carbons (Fsp3) is 0.500. The van der Waals surface area contributed by atoms with Crippen LogP contribution in [0.5, 0.6) is 0 Å². The van der Waals surface area contributed by atoms with Gasteiger partial charge in [0.25, 0.3) is 0 Å². The predicted octanol–water partition coefficient (Wildman–Crippen LogP) is 1.81. The number of aromatic nitrogens is 4. The summed E-state index contributed by atoms with van der Waals surface area (Å²) in [6, 6.07) is 3.08. The maximum absolute atomic E-state index is 12.2. The van der Waals surface area contributed by atoms with Crippen molar-refractivity contribution in [1.82, 2.24) is 25.1 Å². The van der Waals surface area contributed by atoms with E-state index in [4.69, 9.17) is 11.6 Å². The van der Waals surface area contributed by atoms with Crippen LogP contribution < -0.4 is 10.6 Å². The topological polar surface area (TPSA) is 84.7 Å².